The Labute approximate surface area is 212 Å². The monoisotopic (exact) mass is 510 g/mol. The van der Waals surface area contributed by atoms with Crippen LogP contribution in [-0.2, 0) is 9.53 Å². The zero-order valence-corrected chi connectivity index (χ0v) is 21.7. The number of esters is 1. The molecule has 2 heterocycles. The first-order chi connectivity index (χ1) is 16.8. The average Bonchev–Trinajstić information content (AvgIpc) is 3.14. The molecule has 0 N–H and O–H groups in total. The van der Waals surface area contributed by atoms with Crippen LogP contribution in [0.15, 0.2) is 69.6 Å². The fourth-order valence-corrected chi connectivity index (χ4v) is 5.18. The van der Waals surface area contributed by atoms with E-state index in [0.717, 1.165) is 17.7 Å². The van der Waals surface area contributed by atoms with Crippen LogP contribution in [0.2, 0.25) is 5.02 Å². The van der Waals surface area contributed by atoms with Crippen LogP contribution in [0.3, 0.4) is 0 Å². The highest BCUT2D eigenvalue weighted by atomic mass is 35.5. The summed E-state index contributed by atoms with van der Waals surface area (Å²) >= 11 is 7.81. The summed E-state index contributed by atoms with van der Waals surface area (Å²) in [4.78, 5) is 31.7. The highest BCUT2D eigenvalue weighted by Crippen LogP contribution is 2.34. The maximum Gasteiger partial charge on any atom is 0.338 e. The number of fused-ring (bicyclic) bond motifs is 1. The second kappa shape index (κ2) is 10.6. The highest BCUT2D eigenvalue weighted by Gasteiger charge is 2.34. The van der Waals surface area contributed by atoms with Gasteiger partial charge >= 0.3 is 5.97 Å². The summed E-state index contributed by atoms with van der Waals surface area (Å²) in [5.74, 6) is 0.274. The van der Waals surface area contributed by atoms with E-state index in [9.17, 15) is 9.59 Å². The molecule has 1 aliphatic rings. The fourth-order valence-electron chi connectivity index (χ4n) is 3.89. The van der Waals surface area contributed by atoms with Gasteiger partial charge in [0, 0.05) is 5.02 Å². The first-order valence-electron chi connectivity index (χ1n) is 11.5. The standard InChI is InChI=1S/C27H27ClN2O4S/c1-5-16(3)34-19-13-11-18(12-14-19)15-22-25(31)30-24(20-9-7-8-10-21(20)28)23(26(32)33-6-2)17(4)29-27(30)35-22/h7-16,24H,5-6H2,1-4H3/b22-15+/t16-,24-/m1/s1. The van der Waals surface area contributed by atoms with E-state index in [1.165, 1.54) is 15.9 Å². The lowest BCUT2D eigenvalue weighted by atomic mass is 9.96. The Bertz CT molecular complexity index is 1450. The molecule has 35 heavy (non-hydrogen) atoms. The van der Waals surface area contributed by atoms with Crippen LogP contribution in [0.1, 0.15) is 51.3 Å². The van der Waals surface area contributed by atoms with Gasteiger partial charge in [-0.25, -0.2) is 9.79 Å². The molecule has 3 aromatic rings. The summed E-state index contributed by atoms with van der Waals surface area (Å²) in [6.07, 6.45) is 2.87. The van der Waals surface area contributed by atoms with Crippen molar-refractivity contribution >= 4 is 35.0 Å². The first kappa shape index (κ1) is 24.9. The smallest absolute Gasteiger partial charge is 0.338 e. The Morgan fingerprint density at radius 1 is 1.20 bits per heavy atom. The summed E-state index contributed by atoms with van der Waals surface area (Å²) in [5.41, 5.74) is 2.08. The van der Waals surface area contributed by atoms with E-state index in [1.807, 2.05) is 55.5 Å². The maximum atomic E-state index is 13.6. The topological polar surface area (TPSA) is 69.9 Å². The number of nitrogens with zero attached hydrogens (tertiary/aromatic N) is 2. The molecule has 0 unspecified atom stereocenters. The number of rotatable bonds is 7. The second-order valence-electron chi connectivity index (χ2n) is 8.23. The molecule has 8 heteroatoms. The highest BCUT2D eigenvalue weighted by molar-refractivity contribution is 7.07. The van der Waals surface area contributed by atoms with Gasteiger partial charge < -0.3 is 9.47 Å². The van der Waals surface area contributed by atoms with Gasteiger partial charge in [-0.3, -0.25) is 9.36 Å². The number of thiazole rings is 1. The Kier molecular flexibility index (Phi) is 7.57. The minimum atomic E-state index is -0.729. The van der Waals surface area contributed by atoms with Gasteiger partial charge in [0.25, 0.3) is 5.56 Å². The summed E-state index contributed by atoms with van der Waals surface area (Å²) < 4.78 is 13.2. The zero-order chi connectivity index (χ0) is 25.1. The SMILES string of the molecule is CCOC(=O)C1=C(C)N=c2s/c(=C/c3ccc(O[C@H](C)CC)cc3)c(=O)n2[C@@H]1c1ccccc1Cl. The van der Waals surface area contributed by atoms with E-state index < -0.39 is 12.0 Å². The van der Waals surface area contributed by atoms with Gasteiger partial charge in [-0.2, -0.15) is 0 Å². The molecule has 182 valence electrons. The van der Waals surface area contributed by atoms with Gasteiger partial charge in [0.15, 0.2) is 4.80 Å². The maximum absolute atomic E-state index is 13.6. The lowest BCUT2D eigenvalue weighted by Crippen LogP contribution is -2.40. The van der Waals surface area contributed by atoms with Crippen molar-refractivity contribution in [3.05, 3.63) is 95.6 Å². The molecule has 0 aliphatic carbocycles. The quantitative estimate of drug-likeness (QED) is 0.434. The zero-order valence-electron chi connectivity index (χ0n) is 20.1. The van der Waals surface area contributed by atoms with Crippen molar-refractivity contribution in [3.8, 4) is 5.75 Å². The van der Waals surface area contributed by atoms with Crippen LogP contribution in [-0.4, -0.2) is 23.2 Å². The number of aromatic nitrogens is 1. The van der Waals surface area contributed by atoms with Crippen molar-refractivity contribution in [1.29, 1.82) is 0 Å². The number of hydrogen-bond acceptors (Lipinski definition) is 6. The van der Waals surface area contributed by atoms with E-state index in [1.54, 1.807) is 19.9 Å². The molecule has 1 aliphatic heterocycles. The number of allylic oxidation sites excluding steroid dienone is 1. The molecule has 4 rings (SSSR count). The largest absolute Gasteiger partial charge is 0.491 e. The van der Waals surface area contributed by atoms with Crippen LogP contribution in [0, 0.1) is 0 Å². The molecule has 0 radical (unpaired) electrons. The molecule has 2 atom stereocenters. The second-order valence-corrected chi connectivity index (χ2v) is 9.65. The third kappa shape index (κ3) is 5.11. The van der Waals surface area contributed by atoms with Gasteiger partial charge in [-0.1, -0.05) is 60.2 Å². The lowest BCUT2D eigenvalue weighted by molar-refractivity contribution is -0.139. The minimum absolute atomic E-state index is 0.131. The Balaban J connectivity index is 1.84. The summed E-state index contributed by atoms with van der Waals surface area (Å²) in [6, 6.07) is 14.1. The van der Waals surface area contributed by atoms with Gasteiger partial charge in [0.05, 0.1) is 28.5 Å². The molecular weight excluding hydrogens is 484 g/mol. The molecule has 0 spiro atoms. The number of carbonyl (C=O) groups excluding carboxylic acids is 1. The van der Waals surface area contributed by atoms with Crippen molar-refractivity contribution < 1.29 is 14.3 Å². The van der Waals surface area contributed by atoms with E-state index in [-0.39, 0.29) is 18.3 Å². The average molecular weight is 511 g/mol. The van der Waals surface area contributed by atoms with E-state index in [4.69, 9.17) is 21.1 Å². The van der Waals surface area contributed by atoms with Crippen LogP contribution in [0.25, 0.3) is 6.08 Å². The van der Waals surface area contributed by atoms with Crippen LogP contribution >= 0.6 is 22.9 Å². The molecule has 2 aromatic carbocycles. The Hall–Kier alpha value is -3.16. The third-order valence-electron chi connectivity index (χ3n) is 5.81. The molecule has 0 saturated heterocycles. The molecule has 6 nitrogen and oxygen atoms in total. The van der Waals surface area contributed by atoms with Gasteiger partial charge in [-0.15, -0.1) is 0 Å². The number of halogens is 1. The molecule has 0 bridgehead atoms. The lowest BCUT2D eigenvalue weighted by Gasteiger charge is -2.25. The number of carbonyl (C=O) groups is 1. The number of hydrogen-bond donors (Lipinski definition) is 0. The fraction of sp³-hybridized carbons (Fsp3) is 0.296. The summed E-state index contributed by atoms with van der Waals surface area (Å²) in [7, 11) is 0. The minimum Gasteiger partial charge on any atom is -0.491 e. The number of benzene rings is 2. The Morgan fingerprint density at radius 3 is 2.57 bits per heavy atom. The normalized spacial score (nSPS) is 16.5. The molecule has 0 saturated carbocycles. The predicted molar refractivity (Wildman–Crippen MR) is 139 cm³/mol. The number of ether oxygens (including phenoxy) is 2. The molecular formula is C27H27ClN2O4S. The van der Waals surface area contributed by atoms with Crippen molar-refractivity contribution in [1.82, 2.24) is 4.57 Å². The summed E-state index contributed by atoms with van der Waals surface area (Å²) in [5, 5.41) is 0.459. The van der Waals surface area contributed by atoms with Crippen molar-refractivity contribution in [2.45, 2.75) is 46.3 Å². The summed E-state index contributed by atoms with van der Waals surface area (Å²) in [6.45, 7) is 7.81. The molecule has 0 fully saturated rings. The van der Waals surface area contributed by atoms with Crippen molar-refractivity contribution in [2.24, 2.45) is 4.99 Å². The van der Waals surface area contributed by atoms with Crippen LogP contribution in [0.4, 0.5) is 0 Å². The third-order valence-corrected chi connectivity index (χ3v) is 7.13. The van der Waals surface area contributed by atoms with E-state index >= 15 is 0 Å². The van der Waals surface area contributed by atoms with Gasteiger partial charge in [-0.05, 0) is 62.6 Å². The predicted octanol–water partition coefficient (Wildman–Crippen LogP) is 4.63. The Morgan fingerprint density at radius 2 is 1.91 bits per heavy atom. The van der Waals surface area contributed by atoms with E-state index in [2.05, 4.69) is 11.9 Å². The van der Waals surface area contributed by atoms with Crippen molar-refractivity contribution in [2.75, 3.05) is 6.61 Å². The van der Waals surface area contributed by atoms with Crippen LogP contribution < -0.4 is 19.6 Å². The van der Waals surface area contributed by atoms with Crippen molar-refractivity contribution in [3.63, 3.8) is 0 Å². The van der Waals surface area contributed by atoms with Gasteiger partial charge in [0.2, 0.25) is 0 Å². The van der Waals surface area contributed by atoms with Gasteiger partial charge in [0.1, 0.15) is 11.8 Å². The first-order valence-corrected chi connectivity index (χ1v) is 12.7. The molecule has 0 amide bonds. The van der Waals surface area contributed by atoms with E-state index in [0.29, 0.717) is 31.2 Å². The van der Waals surface area contributed by atoms with Crippen LogP contribution in [0.5, 0.6) is 5.75 Å². The molecule has 1 aromatic heterocycles.